The molecule has 0 aliphatic heterocycles. The zero-order chi connectivity index (χ0) is 40.3. The first kappa shape index (κ1) is 34.8. The number of benzene rings is 10. The third-order valence-corrected chi connectivity index (χ3v) is 11.9. The predicted octanol–water partition coefficient (Wildman–Crippen LogP) is 16.2. The fourth-order valence-electron chi connectivity index (χ4n) is 8.87. The van der Waals surface area contributed by atoms with Gasteiger partial charge in [-0.2, -0.15) is 0 Å². The lowest BCUT2D eigenvalue weighted by Gasteiger charge is -2.26. The van der Waals surface area contributed by atoms with Gasteiger partial charge in [0.2, 0.25) is 5.89 Å². The minimum atomic E-state index is 0.601. The Morgan fingerprint density at radius 1 is 0.311 bits per heavy atom. The largest absolute Gasteiger partial charge is 0.456 e. The van der Waals surface area contributed by atoms with Gasteiger partial charge in [0, 0.05) is 39.5 Å². The van der Waals surface area contributed by atoms with Gasteiger partial charge in [0.1, 0.15) is 16.7 Å². The first-order valence-corrected chi connectivity index (χ1v) is 20.6. The number of hydrogen-bond donors (Lipinski definition) is 0. The number of furan rings is 1. The van der Waals surface area contributed by atoms with Crippen LogP contribution in [0.3, 0.4) is 0 Å². The molecule has 0 atom stereocenters. The second-order valence-electron chi connectivity index (χ2n) is 15.6. The molecule has 0 saturated heterocycles. The maximum atomic E-state index is 6.34. The lowest BCUT2D eigenvalue weighted by Crippen LogP contribution is -2.10. The first-order valence-electron chi connectivity index (χ1n) is 20.6. The fraction of sp³-hybridized carbons (Fsp3) is 0. The van der Waals surface area contributed by atoms with E-state index in [9.17, 15) is 0 Å². The van der Waals surface area contributed by atoms with E-state index in [0.29, 0.717) is 5.89 Å². The minimum Gasteiger partial charge on any atom is -0.456 e. The van der Waals surface area contributed by atoms with Gasteiger partial charge >= 0.3 is 0 Å². The maximum Gasteiger partial charge on any atom is 0.227 e. The zero-order valence-electron chi connectivity index (χ0n) is 33.0. The van der Waals surface area contributed by atoms with E-state index in [4.69, 9.17) is 13.8 Å². The molecule has 0 bridgehead atoms. The molecule has 12 rings (SSSR count). The Hall–Kier alpha value is -8.21. The Morgan fingerprint density at radius 2 is 0.902 bits per heavy atom. The molecule has 0 aliphatic carbocycles. The van der Waals surface area contributed by atoms with Crippen molar-refractivity contribution in [1.29, 1.82) is 0 Å². The Balaban J connectivity index is 0.928. The average molecular weight is 781 g/mol. The summed E-state index contributed by atoms with van der Waals surface area (Å²) in [5.41, 5.74) is 14.3. The van der Waals surface area contributed by atoms with Crippen molar-refractivity contribution in [2.75, 3.05) is 4.90 Å². The number of aromatic nitrogens is 1. The summed E-state index contributed by atoms with van der Waals surface area (Å²) in [7, 11) is 0. The Kier molecular flexibility index (Phi) is 8.13. The van der Waals surface area contributed by atoms with E-state index in [-0.39, 0.29) is 0 Å². The molecule has 10 aromatic carbocycles. The highest BCUT2D eigenvalue weighted by molar-refractivity contribution is 6.14. The van der Waals surface area contributed by atoms with Crippen LogP contribution in [0.1, 0.15) is 0 Å². The number of fused-ring (bicyclic) bond motifs is 7. The van der Waals surface area contributed by atoms with Crippen LogP contribution in [0.2, 0.25) is 0 Å². The smallest absolute Gasteiger partial charge is 0.227 e. The summed E-state index contributed by atoms with van der Waals surface area (Å²) in [6.45, 7) is 0. The van der Waals surface area contributed by atoms with Crippen molar-refractivity contribution in [2.45, 2.75) is 0 Å². The van der Waals surface area contributed by atoms with Gasteiger partial charge in [0.05, 0.1) is 0 Å². The van der Waals surface area contributed by atoms with Gasteiger partial charge in [-0.15, -0.1) is 0 Å². The van der Waals surface area contributed by atoms with Crippen molar-refractivity contribution in [2.24, 2.45) is 0 Å². The van der Waals surface area contributed by atoms with Gasteiger partial charge < -0.3 is 13.7 Å². The molecule has 61 heavy (non-hydrogen) atoms. The van der Waals surface area contributed by atoms with Crippen molar-refractivity contribution < 1.29 is 8.83 Å². The first-order chi connectivity index (χ1) is 30.2. The van der Waals surface area contributed by atoms with Crippen LogP contribution in [0.25, 0.3) is 99.4 Å². The van der Waals surface area contributed by atoms with Gasteiger partial charge in [-0.25, -0.2) is 4.98 Å². The molecule has 4 nitrogen and oxygen atoms in total. The van der Waals surface area contributed by atoms with E-state index >= 15 is 0 Å². The number of rotatable bonds is 7. The molecule has 0 radical (unpaired) electrons. The molecule has 0 saturated carbocycles. The lowest BCUT2D eigenvalue weighted by molar-refractivity contribution is 0.620. The molecule has 2 aromatic heterocycles. The number of oxazole rings is 1. The Labute approximate surface area is 352 Å². The highest BCUT2D eigenvalue weighted by Gasteiger charge is 2.18. The van der Waals surface area contributed by atoms with Crippen LogP contribution in [-0.4, -0.2) is 4.98 Å². The summed E-state index contributed by atoms with van der Waals surface area (Å²) in [6, 6.07) is 77.4. The molecule has 2 heterocycles. The van der Waals surface area contributed by atoms with Crippen LogP contribution in [0.15, 0.2) is 227 Å². The summed E-state index contributed by atoms with van der Waals surface area (Å²) in [4.78, 5) is 7.11. The maximum absolute atomic E-state index is 6.34. The van der Waals surface area contributed by atoms with Crippen molar-refractivity contribution in [3.05, 3.63) is 218 Å². The Bertz CT molecular complexity index is 3570. The van der Waals surface area contributed by atoms with Crippen LogP contribution in [-0.2, 0) is 0 Å². The van der Waals surface area contributed by atoms with E-state index in [1.54, 1.807) is 0 Å². The summed E-state index contributed by atoms with van der Waals surface area (Å²) in [5.74, 6) is 0.601. The van der Waals surface area contributed by atoms with Crippen LogP contribution in [0, 0.1) is 0 Å². The van der Waals surface area contributed by atoms with Crippen molar-refractivity contribution in [3.8, 4) is 44.8 Å². The van der Waals surface area contributed by atoms with Crippen LogP contribution >= 0.6 is 0 Å². The number of hydrogen-bond acceptors (Lipinski definition) is 4. The quantitative estimate of drug-likeness (QED) is 0.151. The van der Waals surface area contributed by atoms with Gasteiger partial charge in [0.25, 0.3) is 0 Å². The Morgan fingerprint density at radius 3 is 1.67 bits per heavy atom. The van der Waals surface area contributed by atoms with Gasteiger partial charge in [-0.05, 0) is 128 Å². The summed E-state index contributed by atoms with van der Waals surface area (Å²) in [6.07, 6.45) is 0. The monoisotopic (exact) mass is 780 g/mol. The standard InChI is InChI=1S/C57H36N2O2/c1-3-12-37(13-4-1)41-17-11-18-46(32-41)59(45-29-24-39(25-30-45)50-34-43-16-7-8-19-47(43)48-20-9-10-21-49(48)50)44-27-22-38(23-28-44)42-26-31-54-51(33-42)52-35-56-53(36-55(52)60-54)58-57(61-56)40-14-5-2-6-15-40/h1-36H. The highest BCUT2D eigenvalue weighted by Crippen LogP contribution is 2.41. The van der Waals surface area contributed by atoms with Crippen molar-refractivity contribution >= 4 is 71.6 Å². The third-order valence-electron chi connectivity index (χ3n) is 11.9. The molecular weight excluding hydrogens is 745 g/mol. The summed E-state index contributed by atoms with van der Waals surface area (Å²) >= 11 is 0. The molecule has 0 N–H and O–H groups in total. The van der Waals surface area contributed by atoms with Crippen molar-refractivity contribution in [1.82, 2.24) is 4.98 Å². The topological polar surface area (TPSA) is 42.4 Å². The second-order valence-corrected chi connectivity index (χ2v) is 15.6. The highest BCUT2D eigenvalue weighted by atomic mass is 16.4. The van der Waals surface area contributed by atoms with E-state index in [0.717, 1.165) is 66.8 Å². The lowest BCUT2D eigenvalue weighted by atomic mass is 9.93. The van der Waals surface area contributed by atoms with Gasteiger partial charge in [0.15, 0.2) is 5.58 Å². The number of anilines is 3. The van der Waals surface area contributed by atoms with Crippen molar-refractivity contribution in [3.63, 3.8) is 0 Å². The van der Waals surface area contributed by atoms with Crippen LogP contribution in [0.4, 0.5) is 17.1 Å². The normalized spacial score (nSPS) is 11.6. The molecule has 4 heteroatoms. The third kappa shape index (κ3) is 6.12. The van der Waals surface area contributed by atoms with Crippen LogP contribution < -0.4 is 4.90 Å². The van der Waals surface area contributed by atoms with E-state index in [1.165, 1.54) is 43.8 Å². The average Bonchev–Trinajstić information content (AvgIpc) is 3.92. The molecule has 0 amide bonds. The molecule has 0 fully saturated rings. The van der Waals surface area contributed by atoms with Gasteiger partial charge in [-0.1, -0.05) is 140 Å². The SMILES string of the molecule is c1ccc(-c2cccc(N(c3ccc(-c4ccc5oc6cc7nc(-c8ccccc8)oc7cc6c5c4)cc3)c3ccc(-c4cc5ccccc5c5ccccc45)cc3)c2)cc1. The molecule has 0 unspecified atom stereocenters. The fourth-order valence-corrected chi connectivity index (χ4v) is 8.87. The second kappa shape index (κ2) is 14.3. The number of nitrogens with zero attached hydrogens (tertiary/aromatic N) is 2. The minimum absolute atomic E-state index is 0.601. The van der Waals surface area contributed by atoms with E-state index in [1.807, 2.05) is 36.4 Å². The zero-order valence-corrected chi connectivity index (χ0v) is 33.0. The summed E-state index contributed by atoms with van der Waals surface area (Å²) in [5, 5.41) is 7.07. The molecule has 0 aliphatic rings. The molecule has 12 aromatic rings. The van der Waals surface area contributed by atoms with E-state index in [2.05, 4.69) is 187 Å². The predicted molar refractivity (Wildman–Crippen MR) is 253 cm³/mol. The van der Waals surface area contributed by atoms with Gasteiger partial charge in [-0.3, -0.25) is 0 Å². The molecule has 286 valence electrons. The summed E-state index contributed by atoms with van der Waals surface area (Å²) < 4.78 is 12.6. The van der Waals surface area contributed by atoms with Crippen LogP contribution in [0.5, 0.6) is 0 Å². The van der Waals surface area contributed by atoms with E-state index < -0.39 is 0 Å². The molecular formula is C57H36N2O2. The molecule has 0 spiro atoms.